The molecular formula is C17H22N2O3S2. The first kappa shape index (κ1) is 17.4. The first-order chi connectivity index (χ1) is 11.0. The molecule has 0 unspecified atom stereocenters. The van der Waals surface area contributed by atoms with E-state index >= 15 is 0 Å². The molecule has 0 radical (unpaired) electrons. The number of nitrogens with one attached hydrogen (secondary N) is 1. The minimum Gasteiger partial charge on any atom is -0.486 e. The minimum absolute atomic E-state index is 0.187. The Balaban J connectivity index is 1.97. The average molecular weight is 367 g/mol. The fourth-order valence-corrected chi connectivity index (χ4v) is 5.37. The summed E-state index contributed by atoms with van der Waals surface area (Å²) in [5.41, 5.74) is 0.614. The van der Waals surface area contributed by atoms with Crippen LogP contribution in [0.5, 0.6) is 5.75 Å². The summed E-state index contributed by atoms with van der Waals surface area (Å²) in [6, 6.07) is 5.27. The normalized spacial score (nSPS) is 16.7. The average Bonchev–Trinajstić information content (AvgIpc) is 2.98. The lowest BCUT2D eigenvalue weighted by atomic mass is 10.0. The predicted molar refractivity (Wildman–Crippen MR) is 95.1 cm³/mol. The summed E-state index contributed by atoms with van der Waals surface area (Å²) in [5.74, 6) is 0.459. The summed E-state index contributed by atoms with van der Waals surface area (Å²) < 4.78 is 34.6. The summed E-state index contributed by atoms with van der Waals surface area (Å²) in [6.45, 7) is 9.44. The monoisotopic (exact) mass is 366 g/mol. The van der Waals surface area contributed by atoms with Crippen LogP contribution in [-0.4, -0.2) is 19.0 Å². The van der Waals surface area contributed by atoms with Gasteiger partial charge in [0.05, 0.1) is 5.54 Å². The van der Waals surface area contributed by atoms with E-state index in [-0.39, 0.29) is 4.90 Å². The molecule has 0 spiro atoms. The summed E-state index contributed by atoms with van der Waals surface area (Å²) in [4.78, 5) is 4.60. The van der Waals surface area contributed by atoms with E-state index < -0.39 is 21.2 Å². The van der Waals surface area contributed by atoms with Crippen molar-refractivity contribution in [3.8, 4) is 5.75 Å². The Bertz CT molecular complexity index is 883. The smallest absolute Gasteiger partial charge is 0.245 e. The molecule has 0 atom stereocenters. The molecule has 2 aromatic rings. The molecule has 1 aliphatic heterocycles. The Morgan fingerprint density at radius 1 is 1.33 bits per heavy atom. The summed E-state index contributed by atoms with van der Waals surface area (Å²) >= 11 is 1.45. The van der Waals surface area contributed by atoms with Crippen LogP contribution in [-0.2, 0) is 22.0 Å². The molecule has 1 aromatic heterocycles. The van der Waals surface area contributed by atoms with E-state index in [9.17, 15) is 8.42 Å². The van der Waals surface area contributed by atoms with Crippen LogP contribution in [0.15, 0.2) is 28.5 Å². The maximum absolute atomic E-state index is 13.0. The first-order valence-corrected chi connectivity index (χ1v) is 10.1. The standard InChI is InChI=1S/C17H22N2O3S2/c1-11-10-23-15(18-11)17(4,5)19-24(20,21)13-8-6-7-12-9-16(2,3)22-14(12)13/h6-8,10,19H,9H2,1-5H3. The fraction of sp³-hybridized carbons (Fsp3) is 0.471. The van der Waals surface area contributed by atoms with Crippen LogP contribution in [0.3, 0.4) is 0 Å². The van der Waals surface area contributed by atoms with Gasteiger partial charge in [0.25, 0.3) is 0 Å². The van der Waals surface area contributed by atoms with Crippen molar-refractivity contribution in [3.05, 3.63) is 39.8 Å². The molecule has 1 aliphatic rings. The molecule has 24 heavy (non-hydrogen) atoms. The van der Waals surface area contributed by atoms with Crippen LogP contribution in [0, 0.1) is 6.92 Å². The number of benzene rings is 1. The summed E-state index contributed by atoms with van der Waals surface area (Å²) in [5, 5.41) is 2.65. The highest BCUT2D eigenvalue weighted by atomic mass is 32.2. The number of hydrogen-bond acceptors (Lipinski definition) is 5. The van der Waals surface area contributed by atoms with Crippen LogP contribution in [0.1, 0.15) is 44.0 Å². The quantitative estimate of drug-likeness (QED) is 0.901. The molecule has 3 rings (SSSR count). The van der Waals surface area contributed by atoms with Gasteiger partial charge in [0.15, 0.2) is 0 Å². The van der Waals surface area contributed by atoms with Gasteiger partial charge in [-0.15, -0.1) is 11.3 Å². The largest absolute Gasteiger partial charge is 0.486 e. The number of ether oxygens (including phenoxy) is 1. The predicted octanol–water partition coefficient (Wildman–Crippen LogP) is 3.38. The second kappa shape index (κ2) is 5.54. The number of aromatic nitrogens is 1. The van der Waals surface area contributed by atoms with Gasteiger partial charge in [-0.05, 0) is 46.2 Å². The van der Waals surface area contributed by atoms with E-state index in [1.807, 2.05) is 46.1 Å². The third kappa shape index (κ3) is 3.20. The molecule has 0 saturated heterocycles. The number of para-hydroxylation sites is 1. The van der Waals surface area contributed by atoms with Crippen LogP contribution in [0.25, 0.3) is 0 Å². The van der Waals surface area contributed by atoms with Gasteiger partial charge in [-0.1, -0.05) is 12.1 Å². The molecule has 0 saturated carbocycles. The zero-order valence-corrected chi connectivity index (χ0v) is 16.1. The zero-order valence-electron chi connectivity index (χ0n) is 14.5. The lowest BCUT2D eigenvalue weighted by molar-refractivity contribution is 0.135. The van der Waals surface area contributed by atoms with Crippen molar-refractivity contribution < 1.29 is 13.2 Å². The highest BCUT2D eigenvalue weighted by Crippen LogP contribution is 2.40. The van der Waals surface area contributed by atoms with Gasteiger partial charge >= 0.3 is 0 Å². The maximum Gasteiger partial charge on any atom is 0.245 e. The molecule has 5 nitrogen and oxygen atoms in total. The third-order valence-electron chi connectivity index (χ3n) is 3.89. The minimum atomic E-state index is -3.74. The van der Waals surface area contributed by atoms with E-state index in [2.05, 4.69) is 9.71 Å². The second-order valence-corrected chi connectivity index (χ2v) is 9.82. The number of fused-ring (bicyclic) bond motifs is 1. The number of hydrogen-bond donors (Lipinski definition) is 1. The van der Waals surface area contributed by atoms with E-state index in [0.29, 0.717) is 12.2 Å². The van der Waals surface area contributed by atoms with Crippen molar-refractivity contribution in [2.24, 2.45) is 0 Å². The molecule has 0 fully saturated rings. The van der Waals surface area contributed by atoms with E-state index in [4.69, 9.17) is 4.74 Å². The molecule has 1 N–H and O–H groups in total. The van der Waals surface area contributed by atoms with Crippen molar-refractivity contribution in [2.75, 3.05) is 0 Å². The van der Waals surface area contributed by atoms with Gasteiger partial charge in [0.2, 0.25) is 10.0 Å². The van der Waals surface area contributed by atoms with Crippen molar-refractivity contribution >= 4 is 21.4 Å². The molecule has 2 heterocycles. The number of rotatable bonds is 4. The van der Waals surface area contributed by atoms with Gasteiger partial charge in [0, 0.05) is 17.5 Å². The summed E-state index contributed by atoms with van der Waals surface area (Å²) in [6.07, 6.45) is 0.695. The molecule has 0 bridgehead atoms. The molecule has 1 aromatic carbocycles. The Labute approximate surface area is 147 Å². The van der Waals surface area contributed by atoms with Gasteiger partial charge in [0.1, 0.15) is 21.3 Å². The van der Waals surface area contributed by atoms with E-state index in [0.717, 1.165) is 16.3 Å². The van der Waals surface area contributed by atoms with Gasteiger partial charge in [-0.25, -0.2) is 13.4 Å². The second-order valence-electron chi connectivity index (χ2n) is 7.31. The SMILES string of the molecule is Cc1csc(C(C)(C)NS(=O)(=O)c2cccc3c2OC(C)(C)C3)n1. The Morgan fingerprint density at radius 3 is 2.67 bits per heavy atom. The van der Waals surface area contributed by atoms with Gasteiger partial charge in [-0.3, -0.25) is 0 Å². The van der Waals surface area contributed by atoms with E-state index in [1.165, 1.54) is 11.3 Å². The third-order valence-corrected chi connectivity index (χ3v) is 6.85. The topological polar surface area (TPSA) is 68.3 Å². The fourth-order valence-electron chi connectivity index (χ4n) is 2.87. The van der Waals surface area contributed by atoms with Crippen LogP contribution in [0.2, 0.25) is 0 Å². The summed E-state index contributed by atoms with van der Waals surface area (Å²) in [7, 11) is -3.74. The number of aryl methyl sites for hydroxylation is 1. The Hall–Kier alpha value is -1.44. The number of sulfonamides is 1. The Kier molecular flexibility index (Phi) is 4.01. The zero-order chi connectivity index (χ0) is 17.8. The van der Waals surface area contributed by atoms with Crippen molar-refractivity contribution in [3.63, 3.8) is 0 Å². The molecule has 130 valence electrons. The van der Waals surface area contributed by atoms with Crippen LogP contribution in [0.4, 0.5) is 0 Å². The van der Waals surface area contributed by atoms with Crippen LogP contribution < -0.4 is 9.46 Å². The molecule has 0 aliphatic carbocycles. The van der Waals surface area contributed by atoms with Crippen LogP contribution >= 0.6 is 11.3 Å². The van der Waals surface area contributed by atoms with Crippen molar-refractivity contribution in [1.82, 2.24) is 9.71 Å². The molecule has 0 amide bonds. The lowest BCUT2D eigenvalue weighted by Crippen LogP contribution is -2.41. The highest BCUT2D eigenvalue weighted by Gasteiger charge is 2.37. The number of nitrogens with zero attached hydrogens (tertiary/aromatic N) is 1. The Morgan fingerprint density at radius 2 is 2.04 bits per heavy atom. The molecule has 7 heteroatoms. The van der Waals surface area contributed by atoms with E-state index in [1.54, 1.807) is 12.1 Å². The van der Waals surface area contributed by atoms with Gasteiger partial charge < -0.3 is 4.74 Å². The first-order valence-electron chi connectivity index (χ1n) is 7.78. The molecular weight excluding hydrogens is 344 g/mol. The van der Waals surface area contributed by atoms with Gasteiger partial charge in [-0.2, -0.15) is 4.72 Å². The van der Waals surface area contributed by atoms with Crippen molar-refractivity contribution in [1.29, 1.82) is 0 Å². The lowest BCUT2D eigenvalue weighted by Gasteiger charge is -2.24. The maximum atomic E-state index is 13.0. The number of thiazole rings is 1. The van der Waals surface area contributed by atoms with Crippen molar-refractivity contribution in [2.45, 2.75) is 57.1 Å². The highest BCUT2D eigenvalue weighted by molar-refractivity contribution is 7.89.